The standard InChI is InChI=1S/C16H13BrF3N/c17-11-3-1-2-9(4-11)10-5-13(6-10)21-15-8-12(18)7-14(19)16(15)20/h1-4,7-8,10,13,21H,5-6H2. The van der Waals surface area contributed by atoms with Crippen LogP contribution in [0.25, 0.3) is 0 Å². The van der Waals surface area contributed by atoms with Crippen molar-refractivity contribution in [1.29, 1.82) is 0 Å². The summed E-state index contributed by atoms with van der Waals surface area (Å²) in [6, 6.07) is 9.61. The molecule has 5 heteroatoms. The maximum atomic E-state index is 13.6. The highest BCUT2D eigenvalue weighted by atomic mass is 79.9. The summed E-state index contributed by atoms with van der Waals surface area (Å²) < 4.78 is 40.8. The summed E-state index contributed by atoms with van der Waals surface area (Å²) in [5.41, 5.74) is 1.11. The molecule has 0 spiro atoms. The van der Waals surface area contributed by atoms with Gasteiger partial charge in [0.2, 0.25) is 0 Å². The quantitative estimate of drug-likeness (QED) is 0.743. The molecule has 0 unspecified atom stereocenters. The minimum absolute atomic E-state index is 0.0321. The lowest BCUT2D eigenvalue weighted by molar-refractivity contribution is 0.371. The van der Waals surface area contributed by atoms with Crippen LogP contribution in [0, 0.1) is 17.5 Å². The molecule has 1 saturated carbocycles. The smallest absolute Gasteiger partial charge is 0.182 e. The normalized spacial score (nSPS) is 21.0. The average Bonchev–Trinajstić information content (AvgIpc) is 2.38. The Morgan fingerprint density at radius 1 is 1.05 bits per heavy atom. The molecule has 1 N–H and O–H groups in total. The molecular weight excluding hydrogens is 343 g/mol. The molecule has 0 amide bonds. The zero-order valence-corrected chi connectivity index (χ0v) is 12.6. The molecule has 0 heterocycles. The van der Waals surface area contributed by atoms with Gasteiger partial charge in [-0.25, -0.2) is 13.2 Å². The van der Waals surface area contributed by atoms with E-state index in [0.29, 0.717) is 12.0 Å². The molecule has 0 radical (unpaired) electrons. The molecule has 0 aliphatic heterocycles. The number of halogens is 4. The van der Waals surface area contributed by atoms with Crippen molar-refractivity contribution in [2.75, 3.05) is 5.32 Å². The molecule has 3 rings (SSSR count). The number of hydrogen-bond donors (Lipinski definition) is 1. The second kappa shape index (κ2) is 5.72. The van der Waals surface area contributed by atoms with Crippen molar-refractivity contribution < 1.29 is 13.2 Å². The van der Waals surface area contributed by atoms with Crippen LogP contribution in [0.1, 0.15) is 24.3 Å². The first-order valence-corrected chi connectivity index (χ1v) is 7.49. The van der Waals surface area contributed by atoms with Crippen LogP contribution < -0.4 is 5.32 Å². The average molecular weight is 356 g/mol. The summed E-state index contributed by atoms with van der Waals surface area (Å²) in [7, 11) is 0. The van der Waals surface area contributed by atoms with Gasteiger partial charge in [-0.2, -0.15) is 0 Å². The fourth-order valence-corrected chi connectivity index (χ4v) is 3.07. The van der Waals surface area contributed by atoms with Crippen molar-refractivity contribution >= 4 is 21.6 Å². The summed E-state index contributed by atoms with van der Waals surface area (Å²) >= 11 is 3.43. The molecule has 0 atom stereocenters. The first-order valence-electron chi connectivity index (χ1n) is 6.69. The Morgan fingerprint density at radius 3 is 2.52 bits per heavy atom. The van der Waals surface area contributed by atoms with Crippen LogP contribution in [0.3, 0.4) is 0 Å². The number of nitrogens with one attached hydrogen (secondary N) is 1. The molecule has 1 nitrogen and oxygen atoms in total. The first kappa shape index (κ1) is 14.4. The third-order valence-corrected chi connectivity index (χ3v) is 4.30. The molecule has 1 aliphatic carbocycles. The van der Waals surface area contributed by atoms with E-state index in [0.717, 1.165) is 23.4 Å². The van der Waals surface area contributed by atoms with Gasteiger partial charge in [0.05, 0.1) is 5.69 Å². The van der Waals surface area contributed by atoms with Crippen molar-refractivity contribution in [2.24, 2.45) is 0 Å². The van der Waals surface area contributed by atoms with Gasteiger partial charge >= 0.3 is 0 Å². The van der Waals surface area contributed by atoms with Crippen LogP contribution in [-0.2, 0) is 0 Å². The largest absolute Gasteiger partial charge is 0.380 e. The molecule has 21 heavy (non-hydrogen) atoms. The Kier molecular flexibility index (Phi) is 3.93. The highest BCUT2D eigenvalue weighted by molar-refractivity contribution is 9.10. The predicted molar refractivity (Wildman–Crippen MR) is 79.8 cm³/mol. The topological polar surface area (TPSA) is 12.0 Å². The molecular formula is C16H13BrF3N. The first-order chi connectivity index (χ1) is 10.0. The summed E-state index contributed by atoms with van der Waals surface area (Å²) in [6.07, 6.45) is 1.63. The maximum Gasteiger partial charge on any atom is 0.182 e. The van der Waals surface area contributed by atoms with Gasteiger partial charge in [0.15, 0.2) is 11.6 Å². The molecule has 0 saturated heterocycles. The highest BCUT2D eigenvalue weighted by Crippen LogP contribution is 2.39. The number of anilines is 1. The monoisotopic (exact) mass is 355 g/mol. The van der Waals surface area contributed by atoms with Gasteiger partial charge in [0.1, 0.15) is 5.82 Å². The lowest BCUT2D eigenvalue weighted by Gasteiger charge is -2.37. The summed E-state index contributed by atoms with van der Waals surface area (Å²) in [4.78, 5) is 0. The van der Waals surface area contributed by atoms with E-state index in [1.54, 1.807) is 0 Å². The maximum absolute atomic E-state index is 13.6. The Hall–Kier alpha value is -1.49. The Labute approximate surface area is 129 Å². The minimum Gasteiger partial charge on any atom is -0.380 e. The fourth-order valence-electron chi connectivity index (χ4n) is 2.65. The molecule has 1 aliphatic rings. The summed E-state index contributed by atoms with van der Waals surface area (Å²) in [5, 5.41) is 2.88. The van der Waals surface area contributed by atoms with Crippen molar-refractivity contribution in [2.45, 2.75) is 24.8 Å². The Balaban J connectivity index is 1.65. The van der Waals surface area contributed by atoms with E-state index in [2.05, 4.69) is 27.3 Å². The van der Waals surface area contributed by atoms with Gasteiger partial charge in [-0.1, -0.05) is 28.1 Å². The molecule has 2 aromatic rings. The third-order valence-electron chi connectivity index (χ3n) is 3.81. The number of hydrogen-bond acceptors (Lipinski definition) is 1. The number of rotatable bonds is 3. The zero-order valence-electron chi connectivity index (χ0n) is 11.0. The molecule has 0 bridgehead atoms. The van der Waals surface area contributed by atoms with Gasteiger partial charge in [0, 0.05) is 22.6 Å². The minimum atomic E-state index is -1.17. The zero-order chi connectivity index (χ0) is 15.0. The van der Waals surface area contributed by atoms with Crippen LogP contribution in [0.4, 0.5) is 18.9 Å². The van der Waals surface area contributed by atoms with Crippen LogP contribution >= 0.6 is 15.9 Å². The fraction of sp³-hybridized carbons (Fsp3) is 0.250. The molecule has 2 aromatic carbocycles. The summed E-state index contributed by atoms with van der Waals surface area (Å²) in [6.45, 7) is 0. The predicted octanol–water partition coefficient (Wildman–Crippen LogP) is 5.22. The second-order valence-corrected chi connectivity index (χ2v) is 6.23. The van der Waals surface area contributed by atoms with Crippen LogP contribution in [0.5, 0.6) is 0 Å². The SMILES string of the molecule is Fc1cc(F)c(F)c(NC2CC(c3cccc(Br)c3)C2)c1. The van der Waals surface area contributed by atoms with E-state index in [1.165, 1.54) is 5.56 Å². The molecule has 1 fully saturated rings. The number of benzene rings is 2. The lowest BCUT2D eigenvalue weighted by Crippen LogP contribution is -2.34. The van der Waals surface area contributed by atoms with E-state index in [9.17, 15) is 13.2 Å². The van der Waals surface area contributed by atoms with Gasteiger partial charge in [-0.15, -0.1) is 0 Å². The van der Waals surface area contributed by atoms with E-state index < -0.39 is 17.5 Å². The van der Waals surface area contributed by atoms with Gasteiger partial charge < -0.3 is 5.32 Å². The van der Waals surface area contributed by atoms with Crippen LogP contribution in [0.2, 0.25) is 0 Å². The van der Waals surface area contributed by atoms with E-state index in [1.807, 2.05) is 18.2 Å². The van der Waals surface area contributed by atoms with E-state index in [-0.39, 0.29) is 11.7 Å². The highest BCUT2D eigenvalue weighted by Gasteiger charge is 2.31. The second-order valence-electron chi connectivity index (χ2n) is 5.31. The third kappa shape index (κ3) is 3.07. The van der Waals surface area contributed by atoms with Crippen molar-refractivity contribution in [1.82, 2.24) is 0 Å². The van der Waals surface area contributed by atoms with Crippen molar-refractivity contribution in [3.05, 3.63) is 63.9 Å². The van der Waals surface area contributed by atoms with Crippen molar-refractivity contribution in [3.8, 4) is 0 Å². The van der Waals surface area contributed by atoms with Crippen LogP contribution in [-0.4, -0.2) is 6.04 Å². The van der Waals surface area contributed by atoms with Crippen LogP contribution in [0.15, 0.2) is 40.9 Å². The van der Waals surface area contributed by atoms with Gasteiger partial charge in [-0.05, 0) is 36.5 Å². The Morgan fingerprint density at radius 2 is 1.81 bits per heavy atom. The van der Waals surface area contributed by atoms with Gasteiger partial charge in [-0.3, -0.25) is 0 Å². The molecule has 0 aromatic heterocycles. The molecule has 110 valence electrons. The van der Waals surface area contributed by atoms with E-state index >= 15 is 0 Å². The Bertz CT molecular complexity index is 669. The van der Waals surface area contributed by atoms with Gasteiger partial charge in [0.25, 0.3) is 0 Å². The summed E-state index contributed by atoms with van der Waals surface area (Å²) in [5.74, 6) is -2.58. The van der Waals surface area contributed by atoms with E-state index in [4.69, 9.17) is 0 Å². The van der Waals surface area contributed by atoms with Crippen molar-refractivity contribution in [3.63, 3.8) is 0 Å². The lowest BCUT2D eigenvalue weighted by atomic mass is 9.76.